The average molecular weight is 460 g/mol. The zero-order valence-electron chi connectivity index (χ0n) is 15.4. The van der Waals surface area contributed by atoms with Crippen molar-refractivity contribution in [3.05, 3.63) is 63.6 Å². The Labute approximate surface area is 177 Å². The number of benzene rings is 2. The van der Waals surface area contributed by atoms with Gasteiger partial charge in [-0.05, 0) is 50.1 Å². The molecule has 0 saturated carbocycles. The Morgan fingerprint density at radius 2 is 2.11 bits per heavy atom. The van der Waals surface area contributed by atoms with Crippen LogP contribution >= 0.6 is 27.5 Å². The lowest BCUT2D eigenvalue weighted by Crippen LogP contribution is -2.40. The van der Waals surface area contributed by atoms with Crippen LogP contribution in [0.2, 0.25) is 5.02 Å². The molecule has 1 fully saturated rings. The largest absolute Gasteiger partial charge is 0.376 e. The molecule has 2 unspecified atom stereocenters. The van der Waals surface area contributed by atoms with Crippen LogP contribution in [0.1, 0.15) is 30.1 Å². The van der Waals surface area contributed by atoms with Crippen molar-refractivity contribution in [3.8, 4) is 11.3 Å². The van der Waals surface area contributed by atoms with Crippen LogP contribution in [0.4, 0.5) is 0 Å². The number of hydrogen-bond donors (Lipinski definition) is 1. The van der Waals surface area contributed by atoms with Gasteiger partial charge in [0, 0.05) is 27.1 Å². The Kier molecular flexibility index (Phi) is 5.67. The van der Waals surface area contributed by atoms with Gasteiger partial charge in [0.1, 0.15) is 0 Å². The number of aromatic nitrogens is 1. The van der Waals surface area contributed by atoms with Crippen molar-refractivity contribution in [1.29, 1.82) is 0 Å². The summed E-state index contributed by atoms with van der Waals surface area (Å²) in [5.74, 6) is -0.137. The molecule has 2 atom stereocenters. The first-order chi connectivity index (χ1) is 13.5. The first-order valence-electron chi connectivity index (χ1n) is 9.30. The minimum absolute atomic E-state index is 0.0610. The SMILES string of the molecule is CC(NC(=O)c1cc(-c2ccccc2Cl)nc2ccc(Br)cc12)C1CCCO1. The zero-order valence-corrected chi connectivity index (χ0v) is 17.8. The minimum Gasteiger partial charge on any atom is -0.376 e. The lowest BCUT2D eigenvalue weighted by Gasteiger charge is -2.20. The molecule has 3 aromatic rings. The third kappa shape index (κ3) is 3.93. The summed E-state index contributed by atoms with van der Waals surface area (Å²) >= 11 is 9.87. The minimum atomic E-state index is -0.137. The monoisotopic (exact) mass is 458 g/mol. The molecule has 1 saturated heterocycles. The number of hydrogen-bond acceptors (Lipinski definition) is 3. The summed E-state index contributed by atoms with van der Waals surface area (Å²) in [6.45, 7) is 2.74. The van der Waals surface area contributed by atoms with E-state index in [1.54, 1.807) is 0 Å². The van der Waals surface area contributed by atoms with Crippen molar-refractivity contribution in [2.24, 2.45) is 0 Å². The number of pyridine rings is 1. The van der Waals surface area contributed by atoms with Gasteiger partial charge in [0.15, 0.2) is 0 Å². The van der Waals surface area contributed by atoms with Gasteiger partial charge in [-0.1, -0.05) is 45.7 Å². The molecule has 1 N–H and O–H groups in total. The Morgan fingerprint density at radius 1 is 1.29 bits per heavy atom. The summed E-state index contributed by atoms with van der Waals surface area (Å²) in [6.07, 6.45) is 2.06. The molecule has 1 aromatic heterocycles. The summed E-state index contributed by atoms with van der Waals surface area (Å²) in [7, 11) is 0. The fraction of sp³-hybridized carbons (Fsp3) is 0.273. The fourth-order valence-corrected chi connectivity index (χ4v) is 4.16. The van der Waals surface area contributed by atoms with Crippen molar-refractivity contribution in [3.63, 3.8) is 0 Å². The molecule has 6 heteroatoms. The molecule has 144 valence electrons. The topological polar surface area (TPSA) is 51.2 Å². The van der Waals surface area contributed by atoms with Crippen LogP contribution in [0.3, 0.4) is 0 Å². The second kappa shape index (κ2) is 8.19. The van der Waals surface area contributed by atoms with Gasteiger partial charge in [0.05, 0.1) is 28.9 Å². The highest BCUT2D eigenvalue weighted by Gasteiger charge is 2.25. The second-order valence-electron chi connectivity index (χ2n) is 7.01. The Hall–Kier alpha value is -1.95. The fourth-order valence-electron chi connectivity index (χ4n) is 3.57. The van der Waals surface area contributed by atoms with Gasteiger partial charge in [0.25, 0.3) is 5.91 Å². The highest BCUT2D eigenvalue weighted by atomic mass is 79.9. The predicted octanol–water partition coefficient (Wildman–Crippen LogP) is 5.62. The van der Waals surface area contributed by atoms with E-state index in [0.717, 1.165) is 40.4 Å². The predicted molar refractivity (Wildman–Crippen MR) is 116 cm³/mol. The van der Waals surface area contributed by atoms with E-state index in [1.165, 1.54) is 0 Å². The summed E-state index contributed by atoms with van der Waals surface area (Å²) in [5.41, 5.74) is 2.80. The van der Waals surface area contributed by atoms with Gasteiger partial charge in [-0.2, -0.15) is 0 Å². The normalized spacial score (nSPS) is 17.6. The first-order valence-corrected chi connectivity index (χ1v) is 10.5. The van der Waals surface area contributed by atoms with E-state index in [0.29, 0.717) is 16.3 Å². The number of ether oxygens (including phenoxy) is 1. The van der Waals surface area contributed by atoms with Gasteiger partial charge < -0.3 is 10.1 Å². The van der Waals surface area contributed by atoms with Crippen LogP contribution in [0.5, 0.6) is 0 Å². The van der Waals surface area contributed by atoms with Crippen LogP contribution in [0.15, 0.2) is 53.0 Å². The average Bonchev–Trinajstić information content (AvgIpc) is 3.22. The molecule has 4 rings (SSSR count). The molecule has 2 heterocycles. The Balaban J connectivity index is 1.77. The Morgan fingerprint density at radius 3 is 2.86 bits per heavy atom. The van der Waals surface area contributed by atoms with Crippen LogP contribution in [0.25, 0.3) is 22.2 Å². The second-order valence-corrected chi connectivity index (χ2v) is 8.33. The van der Waals surface area contributed by atoms with Crippen LogP contribution in [-0.4, -0.2) is 29.6 Å². The maximum Gasteiger partial charge on any atom is 0.252 e. The van der Waals surface area contributed by atoms with Crippen LogP contribution in [-0.2, 0) is 4.74 Å². The smallest absolute Gasteiger partial charge is 0.252 e. The number of fused-ring (bicyclic) bond motifs is 1. The molecule has 4 nitrogen and oxygen atoms in total. The molecule has 0 radical (unpaired) electrons. The molecule has 0 aliphatic carbocycles. The molecule has 1 amide bonds. The molecule has 2 aromatic carbocycles. The van der Waals surface area contributed by atoms with Crippen molar-refractivity contribution in [2.75, 3.05) is 6.61 Å². The number of carbonyl (C=O) groups excluding carboxylic acids is 1. The highest BCUT2D eigenvalue weighted by Crippen LogP contribution is 2.31. The van der Waals surface area contributed by atoms with Gasteiger partial charge in [-0.25, -0.2) is 4.98 Å². The number of nitrogens with zero attached hydrogens (tertiary/aromatic N) is 1. The van der Waals surface area contributed by atoms with Crippen molar-refractivity contribution >= 4 is 44.3 Å². The summed E-state index contributed by atoms with van der Waals surface area (Å²) in [6, 6.07) is 15.0. The van der Waals surface area contributed by atoms with Crippen molar-refractivity contribution in [2.45, 2.75) is 31.9 Å². The molecule has 0 spiro atoms. The van der Waals surface area contributed by atoms with Gasteiger partial charge >= 0.3 is 0 Å². The molecular weight excluding hydrogens is 440 g/mol. The zero-order chi connectivity index (χ0) is 19.7. The third-order valence-corrected chi connectivity index (χ3v) is 5.87. The van der Waals surface area contributed by atoms with E-state index in [4.69, 9.17) is 21.3 Å². The van der Waals surface area contributed by atoms with E-state index in [2.05, 4.69) is 21.2 Å². The van der Waals surface area contributed by atoms with Gasteiger partial charge in [0.2, 0.25) is 0 Å². The van der Waals surface area contributed by atoms with Crippen molar-refractivity contribution < 1.29 is 9.53 Å². The quantitative estimate of drug-likeness (QED) is 0.551. The van der Waals surface area contributed by atoms with E-state index >= 15 is 0 Å². The summed E-state index contributed by atoms with van der Waals surface area (Å²) < 4.78 is 6.61. The maximum atomic E-state index is 13.2. The molecule has 1 aliphatic heterocycles. The van der Waals surface area contributed by atoms with E-state index < -0.39 is 0 Å². The number of nitrogens with one attached hydrogen (secondary N) is 1. The number of carbonyl (C=O) groups is 1. The van der Waals surface area contributed by atoms with Crippen LogP contribution < -0.4 is 5.32 Å². The van der Waals surface area contributed by atoms with Gasteiger partial charge in [-0.3, -0.25) is 4.79 Å². The lowest BCUT2D eigenvalue weighted by molar-refractivity contribution is 0.0713. The summed E-state index contributed by atoms with van der Waals surface area (Å²) in [5, 5.41) is 4.50. The highest BCUT2D eigenvalue weighted by molar-refractivity contribution is 9.10. The number of halogens is 2. The van der Waals surface area contributed by atoms with Crippen LogP contribution in [0, 0.1) is 0 Å². The van der Waals surface area contributed by atoms with E-state index in [-0.39, 0.29) is 18.1 Å². The third-order valence-electron chi connectivity index (χ3n) is 5.05. The molecule has 1 aliphatic rings. The lowest BCUT2D eigenvalue weighted by atomic mass is 10.0. The number of amides is 1. The van der Waals surface area contributed by atoms with E-state index in [9.17, 15) is 4.79 Å². The molecule has 28 heavy (non-hydrogen) atoms. The van der Waals surface area contributed by atoms with Crippen molar-refractivity contribution in [1.82, 2.24) is 10.3 Å². The first kappa shape index (κ1) is 19.4. The Bertz CT molecular complexity index is 1030. The number of rotatable bonds is 4. The molecular formula is C22H20BrClN2O2. The van der Waals surface area contributed by atoms with E-state index in [1.807, 2.05) is 55.5 Å². The van der Waals surface area contributed by atoms with Gasteiger partial charge in [-0.15, -0.1) is 0 Å². The summed E-state index contributed by atoms with van der Waals surface area (Å²) in [4.78, 5) is 17.9. The molecule has 0 bridgehead atoms. The standard InChI is InChI=1S/C22H20BrClN2O2/c1-13(21-7-4-10-28-21)25-22(27)17-12-20(15-5-2-3-6-18(15)24)26-19-9-8-14(23)11-16(17)19/h2-3,5-6,8-9,11-13,21H,4,7,10H2,1H3,(H,25,27). The maximum absolute atomic E-state index is 13.2.